The minimum atomic E-state index is -3.92. The van der Waals surface area contributed by atoms with Crippen LogP contribution in [-0.2, 0) is 10.0 Å². The van der Waals surface area contributed by atoms with E-state index in [9.17, 15) is 8.42 Å². The molecule has 100 valence electrons. The van der Waals surface area contributed by atoms with Gasteiger partial charge in [0, 0.05) is 5.69 Å². The number of rotatable bonds is 3. The Balaban J connectivity index is 2.47. The van der Waals surface area contributed by atoms with Gasteiger partial charge in [-0.1, -0.05) is 12.1 Å². The van der Waals surface area contributed by atoms with E-state index < -0.39 is 10.0 Å². The number of anilines is 3. The number of primary sulfonamides is 1. The highest BCUT2D eigenvalue weighted by atomic mass is 32.2. The van der Waals surface area contributed by atoms with Gasteiger partial charge in [0.25, 0.3) is 0 Å². The summed E-state index contributed by atoms with van der Waals surface area (Å²) in [5.41, 5.74) is 7.16. The molecule has 0 atom stereocenters. The molecule has 0 saturated heterocycles. The van der Waals surface area contributed by atoms with Crippen molar-refractivity contribution in [3.8, 4) is 0 Å². The van der Waals surface area contributed by atoms with Crippen molar-refractivity contribution in [1.29, 1.82) is 0 Å². The molecule has 1 aromatic carbocycles. The third kappa shape index (κ3) is 3.18. The van der Waals surface area contributed by atoms with Gasteiger partial charge in [0.1, 0.15) is 4.90 Å². The van der Waals surface area contributed by atoms with E-state index in [1.807, 2.05) is 25.1 Å². The Morgan fingerprint density at radius 3 is 2.68 bits per heavy atom. The normalized spacial score (nSPS) is 11.3. The Morgan fingerprint density at radius 1 is 1.32 bits per heavy atom. The smallest absolute Gasteiger partial charge is 0.243 e. The molecular formula is C11H13N5O2S. The van der Waals surface area contributed by atoms with E-state index in [2.05, 4.69) is 15.3 Å². The first-order chi connectivity index (χ1) is 8.86. The first-order valence-electron chi connectivity index (χ1n) is 5.35. The topological polar surface area (TPSA) is 124 Å². The number of sulfonamides is 1. The lowest BCUT2D eigenvalue weighted by Crippen LogP contribution is -2.16. The van der Waals surface area contributed by atoms with E-state index >= 15 is 0 Å². The summed E-state index contributed by atoms with van der Waals surface area (Å²) in [4.78, 5) is 7.29. The number of benzene rings is 1. The van der Waals surface area contributed by atoms with Crippen LogP contribution < -0.4 is 16.2 Å². The van der Waals surface area contributed by atoms with Crippen LogP contribution in [0.25, 0.3) is 0 Å². The monoisotopic (exact) mass is 279 g/mol. The second-order valence-electron chi connectivity index (χ2n) is 3.98. The fraction of sp³-hybridized carbons (Fsp3) is 0.0909. The average molecular weight is 279 g/mol. The van der Waals surface area contributed by atoms with Gasteiger partial charge >= 0.3 is 0 Å². The summed E-state index contributed by atoms with van der Waals surface area (Å²) in [6.07, 6.45) is 1.08. The molecule has 0 saturated carbocycles. The van der Waals surface area contributed by atoms with E-state index in [0.29, 0.717) is 5.69 Å². The maximum atomic E-state index is 11.4. The van der Waals surface area contributed by atoms with Crippen molar-refractivity contribution in [2.45, 2.75) is 11.8 Å². The number of aryl methyl sites for hydroxylation is 1. The van der Waals surface area contributed by atoms with Gasteiger partial charge in [-0.3, -0.25) is 0 Å². The molecule has 19 heavy (non-hydrogen) atoms. The SMILES string of the molecule is Cc1cccc(Nc2nc(N)ncc2S(N)(=O)=O)c1. The van der Waals surface area contributed by atoms with Gasteiger partial charge in [-0.2, -0.15) is 4.98 Å². The molecule has 8 heteroatoms. The minimum Gasteiger partial charge on any atom is -0.368 e. The van der Waals surface area contributed by atoms with Crippen molar-refractivity contribution in [2.24, 2.45) is 5.14 Å². The van der Waals surface area contributed by atoms with Crippen LogP contribution in [0.2, 0.25) is 0 Å². The summed E-state index contributed by atoms with van der Waals surface area (Å²) in [7, 11) is -3.92. The Morgan fingerprint density at radius 2 is 2.05 bits per heavy atom. The average Bonchev–Trinajstić information content (AvgIpc) is 2.27. The lowest BCUT2D eigenvalue weighted by Gasteiger charge is -2.10. The fourth-order valence-electron chi connectivity index (χ4n) is 1.54. The van der Waals surface area contributed by atoms with Crippen LogP contribution in [0.1, 0.15) is 5.56 Å². The Bertz CT molecular complexity index is 715. The van der Waals surface area contributed by atoms with Gasteiger partial charge in [-0.25, -0.2) is 18.5 Å². The molecule has 0 spiro atoms. The van der Waals surface area contributed by atoms with Crippen LogP contribution in [-0.4, -0.2) is 18.4 Å². The van der Waals surface area contributed by atoms with Crippen molar-refractivity contribution in [3.05, 3.63) is 36.0 Å². The molecule has 2 rings (SSSR count). The van der Waals surface area contributed by atoms with Gasteiger partial charge in [0.15, 0.2) is 5.82 Å². The minimum absolute atomic E-state index is 0.0393. The maximum Gasteiger partial charge on any atom is 0.243 e. The molecule has 5 N–H and O–H groups in total. The molecule has 0 radical (unpaired) electrons. The zero-order valence-corrected chi connectivity index (χ0v) is 11.0. The van der Waals surface area contributed by atoms with Crippen molar-refractivity contribution in [2.75, 3.05) is 11.1 Å². The van der Waals surface area contributed by atoms with Gasteiger partial charge in [0.05, 0.1) is 6.20 Å². The van der Waals surface area contributed by atoms with Gasteiger partial charge in [-0.05, 0) is 24.6 Å². The van der Waals surface area contributed by atoms with Crippen molar-refractivity contribution in [3.63, 3.8) is 0 Å². The maximum absolute atomic E-state index is 11.4. The van der Waals surface area contributed by atoms with Crippen LogP contribution in [0.5, 0.6) is 0 Å². The summed E-state index contributed by atoms with van der Waals surface area (Å²) < 4.78 is 22.9. The molecule has 2 aromatic rings. The van der Waals surface area contributed by atoms with Crippen molar-refractivity contribution in [1.82, 2.24) is 9.97 Å². The van der Waals surface area contributed by atoms with Crippen molar-refractivity contribution >= 4 is 27.5 Å². The number of hydrogen-bond acceptors (Lipinski definition) is 6. The molecule has 1 heterocycles. The summed E-state index contributed by atoms with van der Waals surface area (Å²) in [5, 5.41) is 7.97. The van der Waals surface area contributed by atoms with Gasteiger partial charge < -0.3 is 11.1 Å². The molecule has 0 amide bonds. The first-order valence-corrected chi connectivity index (χ1v) is 6.90. The highest BCUT2D eigenvalue weighted by molar-refractivity contribution is 7.89. The third-order valence-corrected chi connectivity index (χ3v) is 3.27. The molecule has 0 aliphatic heterocycles. The van der Waals surface area contributed by atoms with E-state index in [1.54, 1.807) is 6.07 Å². The number of nitrogens with one attached hydrogen (secondary N) is 1. The molecule has 0 unspecified atom stereocenters. The number of hydrogen-bond donors (Lipinski definition) is 3. The largest absolute Gasteiger partial charge is 0.368 e. The van der Waals surface area contributed by atoms with Gasteiger partial charge in [-0.15, -0.1) is 0 Å². The van der Waals surface area contributed by atoms with Crippen LogP contribution in [0.15, 0.2) is 35.4 Å². The van der Waals surface area contributed by atoms with E-state index in [-0.39, 0.29) is 16.7 Å². The second kappa shape index (κ2) is 4.82. The fourth-order valence-corrected chi connectivity index (χ4v) is 2.11. The zero-order valence-electron chi connectivity index (χ0n) is 10.2. The molecule has 0 bridgehead atoms. The van der Waals surface area contributed by atoms with Gasteiger partial charge in [0.2, 0.25) is 16.0 Å². The molecular weight excluding hydrogens is 266 g/mol. The van der Waals surface area contributed by atoms with Crippen molar-refractivity contribution < 1.29 is 8.42 Å². The molecule has 0 aliphatic carbocycles. The predicted molar refractivity (Wildman–Crippen MR) is 72.3 cm³/mol. The first kappa shape index (κ1) is 13.2. The Hall–Kier alpha value is -2.19. The van der Waals surface area contributed by atoms with Crippen LogP contribution in [0, 0.1) is 6.92 Å². The number of nitrogen functional groups attached to an aromatic ring is 1. The third-order valence-electron chi connectivity index (χ3n) is 2.36. The number of nitrogens with two attached hydrogens (primary N) is 2. The molecule has 1 aromatic heterocycles. The van der Waals surface area contributed by atoms with E-state index in [0.717, 1.165) is 11.8 Å². The summed E-state index contributed by atoms with van der Waals surface area (Å²) in [6.45, 7) is 1.92. The molecule has 0 aliphatic rings. The van der Waals surface area contributed by atoms with E-state index in [1.165, 1.54) is 0 Å². The summed E-state index contributed by atoms with van der Waals surface area (Å²) >= 11 is 0. The van der Waals surface area contributed by atoms with Crippen LogP contribution in [0.4, 0.5) is 17.5 Å². The highest BCUT2D eigenvalue weighted by Gasteiger charge is 2.16. The Kier molecular flexibility index (Phi) is 3.36. The molecule has 0 fully saturated rings. The molecule has 7 nitrogen and oxygen atoms in total. The van der Waals surface area contributed by atoms with Crippen LogP contribution in [0.3, 0.4) is 0 Å². The zero-order chi connectivity index (χ0) is 14.0. The lowest BCUT2D eigenvalue weighted by atomic mass is 10.2. The number of aromatic nitrogens is 2. The number of nitrogens with zero attached hydrogens (tertiary/aromatic N) is 2. The highest BCUT2D eigenvalue weighted by Crippen LogP contribution is 2.22. The Labute approximate surface area is 110 Å². The summed E-state index contributed by atoms with van der Waals surface area (Å²) in [5.74, 6) is 0.0168. The van der Waals surface area contributed by atoms with E-state index in [4.69, 9.17) is 10.9 Å². The predicted octanol–water partition coefficient (Wildman–Crippen LogP) is 0.758. The standard InChI is InChI=1S/C11H13N5O2S/c1-7-3-2-4-8(5-7)15-10-9(19(13,17)18)6-14-11(12)16-10/h2-6H,1H3,(H2,13,17,18)(H3,12,14,15,16). The van der Waals surface area contributed by atoms with Crippen LogP contribution >= 0.6 is 0 Å². The summed E-state index contributed by atoms with van der Waals surface area (Å²) in [6, 6.07) is 7.36. The lowest BCUT2D eigenvalue weighted by molar-refractivity contribution is 0.597. The quantitative estimate of drug-likeness (QED) is 0.761. The second-order valence-corrected chi connectivity index (χ2v) is 5.51.